The quantitative estimate of drug-likeness (QED) is 0.808. The SMILES string of the molecule is CSC1CCCC1N(C)CC(=O)N(C)Cc1ccco1. The van der Waals surface area contributed by atoms with Crippen LogP contribution in [0.3, 0.4) is 0 Å². The molecule has 1 saturated carbocycles. The summed E-state index contributed by atoms with van der Waals surface area (Å²) in [5, 5.41) is 0.670. The highest BCUT2D eigenvalue weighted by Gasteiger charge is 2.30. The molecular weight excluding hydrogens is 272 g/mol. The van der Waals surface area contributed by atoms with Crippen molar-refractivity contribution in [3.05, 3.63) is 24.2 Å². The van der Waals surface area contributed by atoms with Gasteiger partial charge in [0, 0.05) is 18.3 Å². The number of furan rings is 1. The van der Waals surface area contributed by atoms with Crippen molar-refractivity contribution in [2.24, 2.45) is 0 Å². The lowest BCUT2D eigenvalue weighted by molar-refractivity contribution is -0.132. The minimum atomic E-state index is 0.149. The highest BCUT2D eigenvalue weighted by molar-refractivity contribution is 7.99. The van der Waals surface area contributed by atoms with Crippen molar-refractivity contribution in [3.8, 4) is 0 Å². The molecule has 20 heavy (non-hydrogen) atoms. The van der Waals surface area contributed by atoms with E-state index in [9.17, 15) is 4.79 Å². The summed E-state index contributed by atoms with van der Waals surface area (Å²) < 4.78 is 5.28. The molecule has 0 aliphatic heterocycles. The number of carbonyl (C=O) groups excluding carboxylic acids is 1. The van der Waals surface area contributed by atoms with Gasteiger partial charge in [-0.1, -0.05) is 6.42 Å². The number of hydrogen-bond acceptors (Lipinski definition) is 4. The Balaban J connectivity index is 1.83. The van der Waals surface area contributed by atoms with Crippen LogP contribution in [0.25, 0.3) is 0 Å². The van der Waals surface area contributed by atoms with E-state index >= 15 is 0 Å². The lowest BCUT2D eigenvalue weighted by atomic mass is 10.2. The smallest absolute Gasteiger partial charge is 0.236 e. The Kier molecular flexibility index (Phi) is 5.54. The average molecular weight is 296 g/mol. The van der Waals surface area contributed by atoms with E-state index in [-0.39, 0.29) is 5.91 Å². The maximum Gasteiger partial charge on any atom is 0.236 e. The summed E-state index contributed by atoms with van der Waals surface area (Å²) in [5.41, 5.74) is 0. The van der Waals surface area contributed by atoms with Gasteiger partial charge in [0.05, 0.1) is 19.4 Å². The normalized spacial score (nSPS) is 22.4. The molecule has 0 bridgehead atoms. The van der Waals surface area contributed by atoms with Crippen LogP contribution in [0.15, 0.2) is 22.8 Å². The molecule has 1 aromatic heterocycles. The first-order valence-corrected chi connectivity index (χ1v) is 8.40. The van der Waals surface area contributed by atoms with Crippen LogP contribution >= 0.6 is 11.8 Å². The summed E-state index contributed by atoms with van der Waals surface area (Å²) in [7, 11) is 3.90. The molecule has 0 saturated heterocycles. The summed E-state index contributed by atoms with van der Waals surface area (Å²) in [4.78, 5) is 16.2. The van der Waals surface area contributed by atoms with Crippen LogP contribution in [0.5, 0.6) is 0 Å². The zero-order valence-corrected chi connectivity index (χ0v) is 13.4. The van der Waals surface area contributed by atoms with Gasteiger partial charge in [-0.05, 0) is 38.3 Å². The molecule has 0 spiro atoms. The summed E-state index contributed by atoms with van der Waals surface area (Å²) >= 11 is 1.93. The van der Waals surface area contributed by atoms with Crippen LogP contribution in [-0.2, 0) is 11.3 Å². The third-order valence-corrected chi connectivity index (χ3v) is 5.23. The zero-order valence-electron chi connectivity index (χ0n) is 12.5. The van der Waals surface area contributed by atoms with Crippen LogP contribution in [-0.4, -0.2) is 53.9 Å². The number of rotatable bonds is 6. The zero-order chi connectivity index (χ0) is 14.5. The molecule has 1 fully saturated rings. The van der Waals surface area contributed by atoms with E-state index in [1.807, 2.05) is 30.9 Å². The topological polar surface area (TPSA) is 36.7 Å². The van der Waals surface area contributed by atoms with Gasteiger partial charge in [0.25, 0.3) is 0 Å². The van der Waals surface area contributed by atoms with Crippen LogP contribution in [0.1, 0.15) is 25.0 Å². The van der Waals surface area contributed by atoms with Crippen LogP contribution in [0.4, 0.5) is 0 Å². The van der Waals surface area contributed by atoms with Crippen molar-refractivity contribution < 1.29 is 9.21 Å². The van der Waals surface area contributed by atoms with Gasteiger partial charge < -0.3 is 9.32 Å². The third kappa shape index (κ3) is 3.79. The molecule has 1 aromatic rings. The Bertz CT molecular complexity index is 422. The predicted octanol–water partition coefficient (Wildman–Crippen LogP) is 2.45. The lowest BCUT2D eigenvalue weighted by Crippen LogP contribution is -2.43. The van der Waals surface area contributed by atoms with E-state index in [4.69, 9.17) is 4.42 Å². The molecular formula is C15H24N2O2S. The van der Waals surface area contributed by atoms with Crippen molar-refractivity contribution in [1.29, 1.82) is 0 Å². The summed E-state index contributed by atoms with van der Waals surface area (Å²) in [6, 6.07) is 4.28. The maximum absolute atomic E-state index is 12.3. The van der Waals surface area contributed by atoms with Crippen molar-refractivity contribution >= 4 is 17.7 Å². The molecule has 2 rings (SSSR count). The third-order valence-electron chi connectivity index (χ3n) is 4.07. The van der Waals surface area contributed by atoms with Gasteiger partial charge in [0.15, 0.2) is 0 Å². The number of hydrogen-bond donors (Lipinski definition) is 0. The van der Waals surface area contributed by atoms with Crippen LogP contribution in [0.2, 0.25) is 0 Å². The minimum Gasteiger partial charge on any atom is -0.467 e. The highest BCUT2D eigenvalue weighted by atomic mass is 32.2. The summed E-state index contributed by atoms with van der Waals surface area (Å²) in [6.45, 7) is 1.02. The van der Waals surface area contributed by atoms with E-state index in [2.05, 4.69) is 18.2 Å². The fourth-order valence-electron chi connectivity index (χ4n) is 2.86. The van der Waals surface area contributed by atoms with Crippen molar-refractivity contribution in [1.82, 2.24) is 9.80 Å². The summed E-state index contributed by atoms with van der Waals surface area (Å²) in [5.74, 6) is 0.974. The first-order chi connectivity index (χ1) is 9.61. The molecule has 1 amide bonds. The van der Waals surface area contributed by atoms with E-state index < -0.39 is 0 Å². The number of amides is 1. The first-order valence-electron chi connectivity index (χ1n) is 7.11. The molecule has 112 valence electrons. The van der Waals surface area contributed by atoms with Gasteiger partial charge in [-0.15, -0.1) is 0 Å². The molecule has 1 aliphatic carbocycles. The number of likely N-dealkylation sites (N-methyl/N-ethyl adjacent to an activating group) is 2. The second kappa shape index (κ2) is 7.18. The molecule has 2 unspecified atom stereocenters. The number of carbonyl (C=O) groups is 1. The Morgan fingerprint density at radius 1 is 1.45 bits per heavy atom. The van der Waals surface area contributed by atoms with Crippen molar-refractivity contribution in [2.45, 2.75) is 37.1 Å². The molecule has 0 radical (unpaired) electrons. The van der Waals surface area contributed by atoms with E-state index in [0.717, 1.165) is 5.76 Å². The fraction of sp³-hybridized carbons (Fsp3) is 0.667. The van der Waals surface area contributed by atoms with Gasteiger partial charge in [-0.2, -0.15) is 11.8 Å². The first kappa shape index (κ1) is 15.4. The average Bonchev–Trinajstić information content (AvgIpc) is 3.08. The second-order valence-electron chi connectivity index (χ2n) is 5.52. The molecule has 0 aromatic carbocycles. The van der Waals surface area contributed by atoms with Gasteiger partial charge in [0.2, 0.25) is 5.91 Å². The molecule has 0 N–H and O–H groups in total. The maximum atomic E-state index is 12.3. The van der Waals surface area contributed by atoms with Gasteiger partial charge >= 0.3 is 0 Å². The standard InChI is InChI=1S/C15H24N2O2S/c1-16(13-7-4-8-14(13)20-3)11-15(18)17(2)10-12-6-5-9-19-12/h5-6,9,13-14H,4,7-8,10-11H2,1-3H3. The van der Waals surface area contributed by atoms with Crippen LogP contribution < -0.4 is 0 Å². The number of thioether (sulfide) groups is 1. The Labute approximate surface area is 125 Å². The largest absolute Gasteiger partial charge is 0.467 e. The molecule has 2 atom stereocenters. The second-order valence-corrected chi connectivity index (χ2v) is 6.59. The molecule has 4 nitrogen and oxygen atoms in total. The predicted molar refractivity (Wildman–Crippen MR) is 82.8 cm³/mol. The fourth-order valence-corrected chi connectivity index (χ4v) is 3.92. The van der Waals surface area contributed by atoms with Gasteiger partial charge in [-0.3, -0.25) is 9.69 Å². The van der Waals surface area contributed by atoms with Crippen molar-refractivity contribution in [3.63, 3.8) is 0 Å². The van der Waals surface area contributed by atoms with E-state index in [0.29, 0.717) is 24.4 Å². The molecule has 1 aliphatic rings. The highest BCUT2D eigenvalue weighted by Crippen LogP contribution is 2.31. The molecule has 1 heterocycles. The minimum absolute atomic E-state index is 0.149. The Morgan fingerprint density at radius 3 is 2.90 bits per heavy atom. The Morgan fingerprint density at radius 2 is 2.25 bits per heavy atom. The van der Waals surface area contributed by atoms with Gasteiger partial charge in [-0.25, -0.2) is 0 Å². The monoisotopic (exact) mass is 296 g/mol. The van der Waals surface area contributed by atoms with E-state index in [1.165, 1.54) is 19.3 Å². The van der Waals surface area contributed by atoms with Crippen LogP contribution in [0, 0.1) is 0 Å². The number of nitrogens with zero attached hydrogens (tertiary/aromatic N) is 2. The lowest BCUT2D eigenvalue weighted by Gasteiger charge is -2.29. The van der Waals surface area contributed by atoms with Gasteiger partial charge in [0.1, 0.15) is 5.76 Å². The Hall–Kier alpha value is -0.940. The van der Waals surface area contributed by atoms with E-state index in [1.54, 1.807) is 11.2 Å². The summed E-state index contributed by atoms with van der Waals surface area (Å²) in [6.07, 6.45) is 7.56. The molecule has 5 heteroatoms. The van der Waals surface area contributed by atoms with Crippen molar-refractivity contribution in [2.75, 3.05) is 26.9 Å².